The van der Waals surface area contributed by atoms with E-state index in [0.29, 0.717) is 4.76 Å². The van der Waals surface area contributed by atoms with Crippen molar-refractivity contribution in [2.45, 2.75) is 0 Å². The maximum atomic E-state index is 11.3. The number of hydrogen-bond acceptors (Lipinski definition) is 5. The molecule has 0 unspecified atom stereocenters. The van der Waals surface area contributed by atoms with Gasteiger partial charge in [-0.1, -0.05) is 0 Å². The molecule has 0 amide bonds. The highest BCUT2D eigenvalue weighted by Gasteiger charge is 2.23. The standard InChI is InChI=1S/C10H11NO5/c1-11(14)7-4-6(10(13)16-3)5-8(15-2)9(7)12/h4-5H,1-3H3/p+1. The molecule has 0 fully saturated rings. The summed E-state index contributed by atoms with van der Waals surface area (Å²) >= 11 is 0. The molecular formula is C10H12NO5+. The smallest absolute Gasteiger partial charge is 0.338 e. The van der Waals surface area contributed by atoms with Crippen molar-refractivity contribution in [1.29, 1.82) is 0 Å². The van der Waals surface area contributed by atoms with Gasteiger partial charge in [0.2, 0.25) is 5.75 Å². The van der Waals surface area contributed by atoms with Gasteiger partial charge in [0.1, 0.15) is 0 Å². The maximum absolute atomic E-state index is 11.3. The fourth-order valence-corrected chi connectivity index (χ4v) is 1.22. The van der Waals surface area contributed by atoms with Crippen molar-refractivity contribution in [3.8, 4) is 11.5 Å². The number of phenolic OH excluding ortho intramolecular Hbond substituents is 1. The number of carbonyl (C=O) groups excluding carboxylic acids is 1. The summed E-state index contributed by atoms with van der Waals surface area (Å²) in [5.41, 5.74) is 0.0783. The lowest BCUT2D eigenvalue weighted by Gasteiger charge is -2.05. The van der Waals surface area contributed by atoms with E-state index >= 15 is 0 Å². The number of rotatable bonds is 3. The minimum atomic E-state index is -0.610. The Morgan fingerprint density at radius 2 is 2.00 bits per heavy atom. The van der Waals surface area contributed by atoms with Crippen LogP contribution in [0.5, 0.6) is 11.5 Å². The highest BCUT2D eigenvalue weighted by atomic mass is 16.5. The molecule has 0 atom stereocenters. The van der Waals surface area contributed by atoms with Gasteiger partial charge in [0.05, 0.1) is 19.8 Å². The summed E-state index contributed by atoms with van der Waals surface area (Å²) in [6, 6.07) is 2.53. The molecule has 86 valence electrons. The Morgan fingerprint density at radius 3 is 2.44 bits per heavy atom. The molecule has 6 heteroatoms. The van der Waals surface area contributed by atoms with Crippen molar-refractivity contribution in [2.75, 3.05) is 21.3 Å². The van der Waals surface area contributed by atoms with Gasteiger partial charge in [-0.05, 0) is 6.07 Å². The molecule has 0 saturated carbocycles. The first-order valence-electron chi connectivity index (χ1n) is 4.41. The number of ether oxygens (including phenoxy) is 2. The normalized spacial score (nSPS) is 9.69. The summed E-state index contributed by atoms with van der Waals surface area (Å²) in [5, 5.41) is 9.62. The first kappa shape index (κ1) is 12.0. The quantitative estimate of drug-likeness (QED) is 0.619. The van der Waals surface area contributed by atoms with Crippen LogP contribution < -0.4 is 4.74 Å². The molecule has 0 aliphatic rings. The molecule has 0 aliphatic carbocycles. The molecule has 1 aromatic carbocycles. The van der Waals surface area contributed by atoms with Crippen LogP contribution >= 0.6 is 0 Å². The second kappa shape index (κ2) is 4.61. The van der Waals surface area contributed by atoms with Crippen LogP contribution in [-0.2, 0) is 4.74 Å². The summed E-state index contributed by atoms with van der Waals surface area (Å²) < 4.78 is 9.80. The average molecular weight is 226 g/mol. The van der Waals surface area contributed by atoms with E-state index in [9.17, 15) is 14.8 Å². The van der Waals surface area contributed by atoms with Crippen LogP contribution in [0.3, 0.4) is 0 Å². The van der Waals surface area contributed by atoms with Gasteiger partial charge in [-0.3, -0.25) is 0 Å². The van der Waals surface area contributed by atoms with Crippen molar-refractivity contribution >= 4 is 11.7 Å². The van der Waals surface area contributed by atoms with Gasteiger partial charge < -0.3 is 14.6 Å². The zero-order valence-corrected chi connectivity index (χ0v) is 9.18. The van der Waals surface area contributed by atoms with E-state index in [1.54, 1.807) is 0 Å². The topological polar surface area (TPSA) is 75.8 Å². The molecular weight excluding hydrogens is 214 g/mol. The predicted molar refractivity (Wildman–Crippen MR) is 55.2 cm³/mol. The number of esters is 1. The Labute approximate surface area is 92.0 Å². The lowest BCUT2D eigenvalue weighted by atomic mass is 10.1. The summed E-state index contributed by atoms with van der Waals surface area (Å²) in [6.07, 6.45) is 0. The summed E-state index contributed by atoms with van der Waals surface area (Å²) in [6.45, 7) is 0. The van der Waals surface area contributed by atoms with Gasteiger partial charge in [0.15, 0.2) is 12.8 Å². The summed E-state index contributed by atoms with van der Waals surface area (Å²) in [4.78, 5) is 22.4. The fourth-order valence-electron chi connectivity index (χ4n) is 1.22. The molecule has 16 heavy (non-hydrogen) atoms. The molecule has 0 heterocycles. The number of methoxy groups -OCH3 is 2. The first-order valence-corrected chi connectivity index (χ1v) is 4.41. The predicted octanol–water partition coefficient (Wildman–Crippen LogP) is 1.23. The molecule has 6 nitrogen and oxygen atoms in total. The van der Waals surface area contributed by atoms with E-state index in [2.05, 4.69) is 4.74 Å². The van der Waals surface area contributed by atoms with Gasteiger partial charge in [0.25, 0.3) is 0 Å². The lowest BCUT2D eigenvalue weighted by Crippen LogP contribution is -2.03. The molecule has 0 spiro atoms. The molecule has 0 saturated heterocycles. The molecule has 1 N–H and O–H groups in total. The van der Waals surface area contributed by atoms with E-state index in [-0.39, 0.29) is 22.7 Å². The van der Waals surface area contributed by atoms with Crippen LogP contribution in [0, 0.1) is 4.91 Å². The van der Waals surface area contributed by atoms with Crippen molar-refractivity contribution in [1.82, 2.24) is 0 Å². The molecule has 1 aromatic rings. The van der Waals surface area contributed by atoms with Crippen LogP contribution in [-0.4, -0.2) is 37.1 Å². The molecule has 0 bridgehead atoms. The van der Waals surface area contributed by atoms with Gasteiger partial charge >= 0.3 is 11.7 Å². The molecule has 1 rings (SSSR count). The minimum absolute atomic E-state index is 0.0422. The Bertz CT molecular complexity index is 441. The van der Waals surface area contributed by atoms with Crippen LogP contribution in [0.25, 0.3) is 0 Å². The lowest BCUT2D eigenvalue weighted by molar-refractivity contribution is -0.429. The van der Waals surface area contributed by atoms with Crippen molar-refractivity contribution in [3.63, 3.8) is 0 Å². The van der Waals surface area contributed by atoms with Crippen LogP contribution in [0.15, 0.2) is 12.1 Å². The molecule has 0 radical (unpaired) electrons. The third-order valence-electron chi connectivity index (χ3n) is 2.04. The fraction of sp³-hybridized carbons (Fsp3) is 0.300. The number of nitroso groups, excluding NO2 is 1. The Hall–Kier alpha value is -2.11. The number of phenols is 1. The van der Waals surface area contributed by atoms with Crippen molar-refractivity contribution < 1.29 is 24.1 Å². The highest BCUT2D eigenvalue weighted by molar-refractivity contribution is 5.91. The largest absolute Gasteiger partial charge is 0.500 e. The monoisotopic (exact) mass is 226 g/mol. The van der Waals surface area contributed by atoms with Crippen LogP contribution in [0.2, 0.25) is 0 Å². The highest BCUT2D eigenvalue weighted by Crippen LogP contribution is 2.36. The number of nitrogens with zero attached hydrogens (tertiary/aromatic N) is 1. The number of benzene rings is 1. The van der Waals surface area contributed by atoms with Crippen molar-refractivity contribution in [3.05, 3.63) is 22.6 Å². The van der Waals surface area contributed by atoms with Gasteiger partial charge in [0, 0.05) is 15.7 Å². The van der Waals surface area contributed by atoms with Gasteiger partial charge in [-0.15, -0.1) is 0 Å². The number of aromatic hydroxyl groups is 1. The third kappa shape index (κ3) is 2.10. The van der Waals surface area contributed by atoms with E-state index in [1.807, 2.05) is 0 Å². The molecule has 0 aliphatic heterocycles. The summed E-state index contributed by atoms with van der Waals surface area (Å²) in [5.74, 6) is -0.880. The first-order chi connectivity index (χ1) is 7.51. The van der Waals surface area contributed by atoms with Crippen LogP contribution in [0.1, 0.15) is 10.4 Å². The van der Waals surface area contributed by atoms with Gasteiger partial charge in [-0.25, -0.2) is 4.79 Å². The Balaban J connectivity index is 3.40. The van der Waals surface area contributed by atoms with E-state index in [4.69, 9.17) is 4.74 Å². The summed E-state index contributed by atoms with van der Waals surface area (Å²) in [7, 11) is 3.75. The maximum Gasteiger partial charge on any atom is 0.338 e. The molecule has 0 aromatic heterocycles. The SMILES string of the molecule is COC(=O)c1cc(OC)c(O)c([N+](C)=O)c1. The van der Waals surface area contributed by atoms with E-state index < -0.39 is 5.97 Å². The van der Waals surface area contributed by atoms with Crippen LogP contribution in [0.4, 0.5) is 5.69 Å². The van der Waals surface area contributed by atoms with Gasteiger partial charge in [-0.2, -0.15) is 0 Å². The Kier molecular flexibility index (Phi) is 3.44. The number of carbonyl (C=O) groups is 1. The third-order valence-corrected chi connectivity index (χ3v) is 2.04. The number of hydrogen-bond donors (Lipinski definition) is 1. The second-order valence-electron chi connectivity index (χ2n) is 3.04. The van der Waals surface area contributed by atoms with E-state index in [0.717, 1.165) is 0 Å². The van der Waals surface area contributed by atoms with Crippen molar-refractivity contribution in [2.24, 2.45) is 0 Å². The zero-order chi connectivity index (χ0) is 12.3. The zero-order valence-electron chi connectivity index (χ0n) is 9.18. The minimum Gasteiger partial charge on any atom is -0.500 e. The Morgan fingerprint density at radius 1 is 1.38 bits per heavy atom. The van der Waals surface area contributed by atoms with E-state index in [1.165, 1.54) is 33.4 Å². The average Bonchev–Trinajstić information content (AvgIpc) is 2.27. The second-order valence-corrected chi connectivity index (χ2v) is 3.04.